The van der Waals surface area contributed by atoms with E-state index in [1.165, 1.54) is 43.4 Å². The zero-order chi connectivity index (χ0) is 19.3. The normalized spacial score (nSPS) is 17.3. The van der Waals surface area contributed by atoms with E-state index in [1.807, 2.05) is 0 Å². The minimum Gasteiger partial charge on any atom is -0.450 e. The number of anilines is 1. The van der Waals surface area contributed by atoms with Crippen molar-refractivity contribution in [2.75, 3.05) is 18.4 Å². The number of aromatic amines is 1. The highest BCUT2D eigenvalue weighted by Crippen LogP contribution is 2.46. The van der Waals surface area contributed by atoms with E-state index in [2.05, 4.69) is 25.6 Å². The molecule has 5 rings (SSSR count). The van der Waals surface area contributed by atoms with Gasteiger partial charge in [0.25, 0.3) is 0 Å². The van der Waals surface area contributed by atoms with E-state index in [4.69, 9.17) is 16.3 Å². The Hall–Kier alpha value is -2.87. The van der Waals surface area contributed by atoms with Crippen molar-refractivity contribution in [2.45, 2.75) is 12.8 Å². The number of halogens is 3. The molecule has 0 saturated heterocycles. The average molecular weight is 404 g/mol. The Morgan fingerprint density at radius 1 is 1.21 bits per heavy atom. The lowest BCUT2D eigenvalue weighted by molar-refractivity contribution is 0.411. The van der Waals surface area contributed by atoms with Gasteiger partial charge in [-0.3, -0.25) is 4.99 Å². The molecule has 0 amide bonds. The highest BCUT2D eigenvalue weighted by atomic mass is 35.5. The second kappa shape index (κ2) is 6.34. The number of benzene rings is 1. The smallest absolute Gasteiger partial charge is 0.198 e. The fourth-order valence-electron chi connectivity index (χ4n) is 3.27. The van der Waals surface area contributed by atoms with Gasteiger partial charge in [-0.1, -0.05) is 11.6 Å². The third kappa shape index (κ3) is 3.03. The number of ether oxygens (including phenoxy) is 1. The molecule has 3 aromatic rings. The molecule has 1 aromatic carbocycles. The van der Waals surface area contributed by atoms with E-state index in [1.54, 1.807) is 0 Å². The van der Waals surface area contributed by atoms with Crippen molar-refractivity contribution in [1.82, 2.24) is 15.3 Å². The van der Waals surface area contributed by atoms with Crippen LogP contribution in [0.15, 0.2) is 35.6 Å². The van der Waals surface area contributed by atoms with Crippen LogP contribution < -0.4 is 15.4 Å². The largest absolute Gasteiger partial charge is 0.450 e. The molecule has 144 valence electrons. The first-order valence-corrected chi connectivity index (χ1v) is 9.25. The van der Waals surface area contributed by atoms with Crippen molar-refractivity contribution >= 4 is 34.3 Å². The van der Waals surface area contributed by atoms with E-state index in [0.29, 0.717) is 22.0 Å². The van der Waals surface area contributed by atoms with Crippen molar-refractivity contribution in [2.24, 2.45) is 10.4 Å². The van der Waals surface area contributed by atoms with Crippen molar-refractivity contribution < 1.29 is 13.5 Å². The Bertz CT molecular complexity index is 1090. The van der Waals surface area contributed by atoms with Crippen LogP contribution >= 0.6 is 11.6 Å². The number of nitrogens with zero attached hydrogens (tertiary/aromatic N) is 2. The monoisotopic (exact) mass is 403 g/mol. The lowest BCUT2D eigenvalue weighted by Gasteiger charge is -2.23. The Morgan fingerprint density at radius 3 is 2.68 bits per heavy atom. The quantitative estimate of drug-likeness (QED) is 0.604. The lowest BCUT2D eigenvalue weighted by Crippen LogP contribution is -2.41. The van der Waals surface area contributed by atoms with Gasteiger partial charge in [-0.25, -0.2) is 13.8 Å². The first-order valence-electron chi connectivity index (χ1n) is 8.87. The van der Waals surface area contributed by atoms with Crippen molar-refractivity contribution in [3.8, 4) is 11.5 Å². The molecule has 1 saturated carbocycles. The van der Waals surface area contributed by atoms with Crippen molar-refractivity contribution in [3.63, 3.8) is 0 Å². The number of nitrogens with one attached hydrogen (secondary N) is 3. The molecule has 0 radical (unpaired) electrons. The van der Waals surface area contributed by atoms with E-state index in [0.717, 1.165) is 13.1 Å². The van der Waals surface area contributed by atoms with Crippen molar-refractivity contribution in [1.29, 1.82) is 0 Å². The van der Waals surface area contributed by atoms with E-state index < -0.39 is 17.4 Å². The second-order valence-electron chi connectivity index (χ2n) is 7.18. The summed E-state index contributed by atoms with van der Waals surface area (Å²) < 4.78 is 34.7. The molecule has 0 bridgehead atoms. The van der Waals surface area contributed by atoms with E-state index >= 15 is 0 Å². The summed E-state index contributed by atoms with van der Waals surface area (Å²) in [5, 5.41) is 6.91. The maximum Gasteiger partial charge on any atom is 0.198 e. The minimum atomic E-state index is -0.839. The van der Waals surface area contributed by atoms with E-state index in [-0.39, 0.29) is 16.9 Å². The Morgan fingerprint density at radius 2 is 2.00 bits per heavy atom. The second-order valence-corrected chi connectivity index (χ2v) is 7.59. The van der Waals surface area contributed by atoms with Crippen LogP contribution in [0.25, 0.3) is 11.0 Å². The van der Waals surface area contributed by atoms with Crippen LogP contribution in [0.5, 0.6) is 11.5 Å². The number of pyridine rings is 1. The molecule has 9 heteroatoms. The summed E-state index contributed by atoms with van der Waals surface area (Å²) in [6.45, 7) is 1.55. The fraction of sp³-hybridized carbons (Fsp3) is 0.263. The lowest BCUT2D eigenvalue weighted by atomic mass is 10.1. The van der Waals surface area contributed by atoms with Crippen LogP contribution in [0, 0.1) is 17.0 Å². The van der Waals surface area contributed by atoms with Gasteiger partial charge < -0.3 is 20.4 Å². The molecule has 0 atom stereocenters. The van der Waals surface area contributed by atoms with Gasteiger partial charge in [-0.05, 0) is 18.9 Å². The molecule has 2 aliphatic rings. The van der Waals surface area contributed by atoms with Gasteiger partial charge in [-0.2, -0.15) is 0 Å². The number of hydrogen-bond donors (Lipinski definition) is 3. The Labute approximate surface area is 164 Å². The van der Waals surface area contributed by atoms with Gasteiger partial charge in [-0.15, -0.1) is 0 Å². The molecule has 1 aliphatic carbocycles. The van der Waals surface area contributed by atoms with Crippen LogP contribution in [-0.2, 0) is 0 Å². The van der Waals surface area contributed by atoms with Gasteiger partial charge in [0, 0.05) is 42.2 Å². The molecular formula is C19H16ClF2N5O. The van der Waals surface area contributed by atoms with Crippen LogP contribution in [0.4, 0.5) is 14.5 Å². The predicted molar refractivity (Wildman–Crippen MR) is 103 cm³/mol. The molecule has 3 N–H and O–H groups in total. The molecule has 28 heavy (non-hydrogen) atoms. The fourth-order valence-corrected chi connectivity index (χ4v) is 3.51. The predicted octanol–water partition coefficient (Wildman–Crippen LogP) is 4.44. The Balaban J connectivity index is 1.40. The number of guanidine groups is 1. The molecule has 1 aliphatic heterocycles. The van der Waals surface area contributed by atoms with Crippen molar-refractivity contribution in [3.05, 3.63) is 47.2 Å². The number of aromatic nitrogens is 2. The van der Waals surface area contributed by atoms with Gasteiger partial charge in [0.1, 0.15) is 11.4 Å². The minimum absolute atomic E-state index is 0.211. The van der Waals surface area contributed by atoms with Gasteiger partial charge in [0.05, 0.1) is 17.0 Å². The number of rotatable bonds is 3. The third-order valence-corrected chi connectivity index (χ3v) is 5.42. The summed E-state index contributed by atoms with van der Waals surface area (Å²) >= 11 is 6.11. The first kappa shape index (κ1) is 17.2. The number of H-pyrrole nitrogens is 1. The summed E-state index contributed by atoms with van der Waals surface area (Å²) in [6, 6.07) is 3.84. The first-order chi connectivity index (χ1) is 13.5. The Kier molecular flexibility index (Phi) is 3.90. The number of fused-ring (bicyclic) bond motifs is 1. The zero-order valence-corrected chi connectivity index (χ0v) is 15.4. The molecule has 3 heterocycles. The summed E-state index contributed by atoms with van der Waals surface area (Å²) in [6.07, 6.45) is 5.34. The SMILES string of the molecule is Fc1cc(NC2=NCC3(CC3)CN2)cc(F)c1Oc1ccnc2[nH]cc(Cl)c12. The van der Waals surface area contributed by atoms with Crippen LogP contribution in [0.3, 0.4) is 0 Å². The highest BCUT2D eigenvalue weighted by Gasteiger charge is 2.44. The van der Waals surface area contributed by atoms with Crippen LogP contribution in [0.2, 0.25) is 5.02 Å². The zero-order valence-electron chi connectivity index (χ0n) is 14.7. The molecule has 6 nitrogen and oxygen atoms in total. The number of hydrogen-bond acceptors (Lipinski definition) is 5. The summed E-state index contributed by atoms with van der Waals surface area (Å²) in [7, 11) is 0. The molecule has 1 fully saturated rings. The highest BCUT2D eigenvalue weighted by molar-refractivity contribution is 6.36. The van der Waals surface area contributed by atoms with Gasteiger partial charge in [0.15, 0.2) is 23.3 Å². The molecule has 0 unspecified atom stereocenters. The third-order valence-electron chi connectivity index (χ3n) is 5.12. The molecule has 1 spiro atoms. The maximum absolute atomic E-state index is 14.6. The molecular weight excluding hydrogens is 388 g/mol. The molecule has 2 aromatic heterocycles. The topological polar surface area (TPSA) is 74.3 Å². The van der Waals surface area contributed by atoms with Gasteiger partial charge in [0.2, 0.25) is 0 Å². The summed E-state index contributed by atoms with van der Waals surface area (Å²) in [5.74, 6) is -1.46. The standard InChI is InChI=1S/C19H16ClF2N5O/c20-11-7-24-17-15(11)14(1-4-23-17)28-16-12(21)5-10(6-13(16)22)27-18-25-8-19(2-3-19)9-26-18/h1,4-7H,2-3,8-9H2,(H,23,24)(H2,25,26,27). The van der Waals surface area contributed by atoms with Crippen LogP contribution in [0.1, 0.15) is 12.8 Å². The summed E-state index contributed by atoms with van der Waals surface area (Å²) in [4.78, 5) is 11.4. The maximum atomic E-state index is 14.6. The number of aliphatic imine (C=N–C) groups is 1. The van der Waals surface area contributed by atoms with Crippen LogP contribution in [-0.4, -0.2) is 29.0 Å². The van der Waals surface area contributed by atoms with Gasteiger partial charge >= 0.3 is 0 Å². The average Bonchev–Trinajstić information content (AvgIpc) is 3.33. The summed E-state index contributed by atoms with van der Waals surface area (Å²) in [5.41, 5.74) is 1.01. The van der Waals surface area contributed by atoms with E-state index in [9.17, 15) is 8.78 Å².